The number of hydrogen-bond acceptors (Lipinski definition) is 2. The summed E-state index contributed by atoms with van der Waals surface area (Å²) in [6.07, 6.45) is 0. The Kier molecular flexibility index (Phi) is 3.78. The van der Waals surface area contributed by atoms with Crippen molar-refractivity contribution in [3.8, 4) is 33.4 Å². The van der Waals surface area contributed by atoms with Crippen molar-refractivity contribution in [2.24, 2.45) is 0 Å². The minimum Gasteiger partial charge on any atom is -0.399 e. The van der Waals surface area contributed by atoms with Crippen molar-refractivity contribution in [2.45, 2.75) is 19.3 Å². The molecule has 1 aliphatic carbocycles. The number of hydrogen-bond donors (Lipinski definition) is 2. The van der Waals surface area contributed by atoms with Crippen LogP contribution in [0.1, 0.15) is 25.0 Å². The van der Waals surface area contributed by atoms with Crippen LogP contribution in [0.5, 0.6) is 0 Å². The van der Waals surface area contributed by atoms with Crippen LogP contribution in [0.4, 0.5) is 11.4 Å². The molecule has 0 atom stereocenters. The van der Waals surface area contributed by atoms with Gasteiger partial charge in [0, 0.05) is 27.9 Å². The third-order valence-corrected chi connectivity index (χ3v) is 6.15. The van der Waals surface area contributed by atoms with Crippen LogP contribution in [0.2, 0.25) is 0 Å². The van der Waals surface area contributed by atoms with Gasteiger partial charge in [0.05, 0.1) is 0 Å². The summed E-state index contributed by atoms with van der Waals surface area (Å²) in [6, 6.07) is 29.4. The molecule has 0 fully saturated rings. The average Bonchev–Trinajstić information content (AvgIpc) is 2.95. The zero-order chi connectivity index (χ0) is 20.2. The van der Waals surface area contributed by atoms with E-state index in [1.807, 2.05) is 18.2 Å². The Morgan fingerprint density at radius 2 is 1.24 bits per heavy atom. The molecule has 1 aliphatic rings. The molecule has 0 spiro atoms. The maximum Gasteiger partial charge on any atom is 0.0476 e. The van der Waals surface area contributed by atoms with E-state index in [-0.39, 0.29) is 5.41 Å². The largest absolute Gasteiger partial charge is 0.399 e. The van der Waals surface area contributed by atoms with E-state index in [4.69, 9.17) is 11.5 Å². The van der Waals surface area contributed by atoms with Gasteiger partial charge in [-0.15, -0.1) is 0 Å². The third kappa shape index (κ3) is 2.56. The fourth-order valence-corrected chi connectivity index (χ4v) is 4.77. The lowest BCUT2D eigenvalue weighted by molar-refractivity contribution is 0.662. The summed E-state index contributed by atoms with van der Waals surface area (Å²) in [5.74, 6) is 0. The molecule has 5 rings (SSSR count). The molecule has 0 amide bonds. The quantitative estimate of drug-likeness (QED) is 0.393. The summed E-state index contributed by atoms with van der Waals surface area (Å²) in [5.41, 5.74) is 24.0. The van der Waals surface area contributed by atoms with Crippen molar-refractivity contribution in [3.63, 3.8) is 0 Å². The minimum absolute atomic E-state index is 0.186. The van der Waals surface area contributed by atoms with Crippen molar-refractivity contribution in [1.29, 1.82) is 0 Å². The normalized spacial score (nSPS) is 13.7. The van der Waals surface area contributed by atoms with Crippen molar-refractivity contribution in [1.82, 2.24) is 0 Å². The van der Waals surface area contributed by atoms with E-state index in [0.717, 1.165) is 33.6 Å². The first-order valence-corrected chi connectivity index (χ1v) is 9.96. The third-order valence-electron chi connectivity index (χ3n) is 6.15. The first-order valence-electron chi connectivity index (χ1n) is 9.96. The monoisotopic (exact) mass is 376 g/mol. The molecule has 0 bridgehead atoms. The molecule has 0 aromatic heterocycles. The van der Waals surface area contributed by atoms with Crippen LogP contribution in [0.15, 0.2) is 84.9 Å². The second-order valence-corrected chi connectivity index (χ2v) is 8.30. The molecule has 4 N–H and O–H groups in total. The predicted octanol–water partition coefficient (Wildman–Crippen LogP) is 6.49. The molecule has 142 valence electrons. The van der Waals surface area contributed by atoms with E-state index in [0.29, 0.717) is 0 Å². The van der Waals surface area contributed by atoms with Gasteiger partial charge < -0.3 is 11.5 Å². The van der Waals surface area contributed by atoms with Gasteiger partial charge in [0.25, 0.3) is 0 Å². The maximum atomic E-state index is 6.88. The van der Waals surface area contributed by atoms with E-state index >= 15 is 0 Å². The molecule has 2 heteroatoms. The SMILES string of the molecule is CC1(C)c2cc(N)ccc2-c2cc(-c3ccccc3)c(N)c(-c3ccccc3)c21. The molecule has 29 heavy (non-hydrogen) atoms. The number of rotatable bonds is 2. The predicted molar refractivity (Wildman–Crippen MR) is 124 cm³/mol. The van der Waals surface area contributed by atoms with Gasteiger partial charge in [0.15, 0.2) is 0 Å². The Bertz CT molecular complexity index is 1220. The molecule has 0 saturated heterocycles. The highest BCUT2D eigenvalue weighted by Gasteiger charge is 2.39. The van der Waals surface area contributed by atoms with E-state index in [1.165, 1.54) is 22.3 Å². The van der Waals surface area contributed by atoms with Crippen LogP contribution in [0, 0.1) is 0 Å². The molecule has 0 radical (unpaired) electrons. The number of anilines is 2. The Balaban J connectivity index is 1.92. The molecule has 0 aliphatic heterocycles. The van der Waals surface area contributed by atoms with Crippen LogP contribution >= 0.6 is 0 Å². The lowest BCUT2D eigenvalue weighted by atomic mass is 9.77. The Labute approximate surface area is 171 Å². The Hall–Kier alpha value is -3.52. The lowest BCUT2D eigenvalue weighted by Gasteiger charge is -2.27. The molecular weight excluding hydrogens is 352 g/mol. The van der Waals surface area contributed by atoms with E-state index < -0.39 is 0 Å². The van der Waals surface area contributed by atoms with Gasteiger partial charge in [-0.1, -0.05) is 80.6 Å². The van der Waals surface area contributed by atoms with Gasteiger partial charge in [-0.3, -0.25) is 0 Å². The van der Waals surface area contributed by atoms with Crippen LogP contribution in [0.3, 0.4) is 0 Å². The van der Waals surface area contributed by atoms with Crippen LogP contribution < -0.4 is 11.5 Å². The number of benzene rings is 4. The highest BCUT2D eigenvalue weighted by atomic mass is 14.6. The van der Waals surface area contributed by atoms with Gasteiger partial charge in [-0.2, -0.15) is 0 Å². The van der Waals surface area contributed by atoms with Gasteiger partial charge in [-0.25, -0.2) is 0 Å². The number of nitrogens with two attached hydrogens (primary N) is 2. The second kappa shape index (κ2) is 6.25. The molecule has 4 aromatic rings. The van der Waals surface area contributed by atoms with Crippen LogP contribution in [0.25, 0.3) is 33.4 Å². The van der Waals surface area contributed by atoms with E-state index in [9.17, 15) is 0 Å². The highest BCUT2D eigenvalue weighted by Crippen LogP contribution is 2.56. The van der Waals surface area contributed by atoms with Crippen molar-refractivity contribution in [2.75, 3.05) is 11.5 Å². The molecule has 4 aromatic carbocycles. The van der Waals surface area contributed by atoms with E-state index in [2.05, 4.69) is 80.6 Å². The van der Waals surface area contributed by atoms with Gasteiger partial charge in [-0.05, 0) is 51.6 Å². The van der Waals surface area contributed by atoms with Gasteiger partial charge in [0.1, 0.15) is 0 Å². The molecule has 0 saturated carbocycles. The Morgan fingerprint density at radius 1 is 0.621 bits per heavy atom. The molecular formula is C27H24N2. The second-order valence-electron chi connectivity index (χ2n) is 8.30. The summed E-state index contributed by atoms with van der Waals surface area (Å²) >= 11 is 0. The Morgan fingerprint density at radius 3 is 1.90 bits per heavy atom. The summed E-state index contributed by atoms with van der Waals surface area (Å²) in [7, 11) is 0. The van der Waals surface area contributed by atoms with Crippen molar-refractivity contribution >= 4 is 11.4 Å². The van der Waals surface area contributed by atoms with Crippen LogP contribution in [-0.4, -0.2) is 0 Å². The molecule has 0 unspecified atom stereocenters. The summed E-state index contributed by atoms with van der Waals surface area (Å²) in [5, 5.41) is 0. The van der Waals surface area contributed by atoms with Gasteiger partial charge in [0.2, 0.25) is 0 Å². The standard InChI is InChI=1S/C27H24N2/c1-27(2)23-15-19(28)13-14-20(23)22-16-21(17-9-5-3-6-10-17)26(29)24(25(22)27)18-11-7-4-8-12-18/h3-16H,28-29H2,1-2H3. The zero-order valence-electron chi connectivity index (χ0n) is 16.7. The smallest absolute Gasteiger partial charge is 0.0476 e. The first-order chi connectivity index (χ1) is 14.0. The molecule has 0 heterocycles. The first kappa shape index (κ1) is 17.6. The number of fused-ring (bicyclic) bond motifs is 3. The fourth-order valence-electron chi connectivity index (χ4n) is 4.77. The summed E-state index contributed by atoms with van der Waals surface area (Å²) < 4.78 is 0. The van der Waals surface area contributed by atoms with Crippen LogP contribution in [-0.2, 0) is 5.41 Å². The minimum atomic E-state index is -0.186. The van der Waals surface area contributed by atoms with E-state index in [1.54, 1.807) is 0 Å². The number of nitrogen functional groups attached to an aromatic ring is 2. The highest BCUT2D eigenvalue weighted by molar-refractivity contribution is 6.00. The van der Waals surface area contributed by atoms with Crippen molar-refractivity contribution in [3.05, 3.63) is 96.1 Å². The molecule has 2 nitrogen and oxygen atoms in total. The zero-order valence-corrected chi connectivity index (χ0v) is 16.7. The van der Waals surface area contributed by atoms with Gasteiger partial charge >= 0.3 is 0 Å². The summed E-state index contributed by atoms with van der Waals surface area (Å²) in [6.45, 7) is 4.54. The average molecular weight is 377 g/mol. The fraction of sp³-hybridized carbons (Fsp3) is 0.111. The summed E-state index contributed by atoms with van der Waals surface area (Å²) in [4.78, 5) is 0. The maximum absolute atomic E-state index is 6.88. The lowest BCUT2D eigenvalue weighted by Crippen LogP contribution is -2.17. The van der Waals surface area contributed by atoms with Crippen molar-refractivity contribution < 1.29 is 0 Å². The topological polar surface area (TPSA) is 52.0 Å².